The van der Waals surface area contributed by atoms with Crippen molar-refractivity contribution < 1.29 is 22.8 Å². The van der Waals surface area contributed by atoms with Crippen molar-refractivity contribution in [1.29, 1.82) is 0 Å². The minimum absolute atomic E-state index is 0.120. The second-order valence-electron chi connectivity index (χ2n) is 8.04. The molecule has 0 saturated carbocycles. The van der Waals surface area contributed by atoms with Crippen molar-refractivity contribution in [2.75, 3.05) is 25.0 Å². The molecule has 1 aliphatic rings. The molecule has 2 N–H and O–H groups in total. The molecule has 1 aliphatic heterocycles. The lowest BCUT2D eigenvalue weighted by Crippen LogP contribution is -2.48. The highest BCUT2D eigenvalue weighted by Crippen LogP contribution is 2.25. The zero-order valence-corrected chi connectivity index (χ0v) is 18.3. The summed E-state index contributed by atoms with van der Waals surface area (Å²) in [6.45, 7) is -1.06. The first kappa shape index (κ1) is 23.5. The molecule has 4 rings (SSSR count). The second kappa shape index (κ2) is 10.1. The van der Waals surface area contributed by atoms with Gasteiger partial charge in [0.2, 0.25) is 11.8 Å². The SMILES string of the molecule is O=C(CN1CCCC1C(=O)NCC(F)(F)F)Nc1cc(-c2ccccc2)nn1-c1ccccc1. The molecule has 0 aliphatic carbocycles. The van der Waals surface area contributed by atoms with Crippen LogP contribution in [0.4, 0.5) is 19.0 Å². The predicted octanol–water partition coefficient (Wildman–Crippen LogP) is 3.62. The summed E-state index contributed by atoms with van der Waals surface area (Å²) >= 11 is 0. The van der Waals surface area contributed by atoms with Gasteiger partial charge < -0.3 is 10.6 Å². The van der Waals surface area contributed by atoms with E-state index in [1.54, 1.807) is 15.6 Å². The minimum atomic E-state index is -4.48. The van der Waals surface area contributed by atoms with Crippen LogP contribution >= 0.6 is 0 Å². The van der Waals surface area contributed by atoms with E-state index < -0.39 is 24.7 Å². The molecule has 178 valence electrons. The first-order chi connectivity index (χ1) is 16.3. The number of likely N-dealkylation sites (tertiary alicyclic amines) is 1. The Balaban J connectivity index is 1.49. The summed E-state index contributed by atoms with van der Waals surface area (Å²) in [5.74, 6) is -0.650. The van der Waals surface area contributed by atoms with Crippen molar-refractivity contribution in [2.24, 2.45) is 0 Å². The van der Waals surface area contributed by atoms with Crippen molar-refractivity contribution in [3.05, 3.63) is 66.7 Å². The van der Waals surface area contributed by atoms with E-state index in [4.69, 9.17) is 0 Å². The summed E-state index contributed by atoms with van der Waals surface area (Å²) in [6.07, 6.45) is -3.46. The summed E-state index contributed by atoms with van der Waals surface area (Å²) in [4.78, 5) is 26.7. The number of hydrogen-bond donors (Lipinski definition) is 2. The van der Waals surface area contributed by atoms with Gasteiger partial charge >= 0.3 is 6.18 Å². The van der Waals surface area contributed by atoms with Crippen LogP contribution in [0.15, 0.2) is 66.7 Å². The van der Waals surface area contributed by atoms with Gasteiger partial charge in [-0.05, 0) is 31.5 Å². The standard InChI is InChI=1S/C24H24F3N5O2/c25-24(26,27)16-28-23(34)20-12-7-13-31(20)15-22(33)29-21-14-19(17-8-3-1-4-9-17)30-32(21)18-10-5-2-6-11-18/h1-6,8-11,14,20H,7,12-13,15-16H2,(H,28,34)(H,29,33). The Morgan fingerprint density at radius 2 is 1.71 bits per heavy atom. The molecule has 0 bridgehead atoms. The number of alkyl halides is 3. The van der Waals surface area contributed by atoms with E-state index in [0.717, 1.165) is 11.3 Å². The zero-order chi connectivity index (χ0) is 24.1. The zero-order valence-electron chi connectivity index (χ0n) is 18.3. The highest BCUT2D eigenvalue weighted by molar-refractivity contribution is 5.93. The molecule has 2 aromatic carbocycles. The summed E-state index contributed by atoms with van der Waals surface area (Å²) in [5.41, 5.74) is 2.31. The molecule has 34 heavy (non-hydrogen) atoms. The fraction of sp³-hybridized carbons (Fsp3) is 0.292. The van der Waals surface area contributed by atoms with Gasteiger partial charge in [-0.15, -0.1) is 0 Å². The van der Waals surface area contributed by atoms with Crippen LogP contribution in [-0.2, 0) is 9.59 Å². The van der Waals surface area contributed by atoms with Crippen molar-refractivity contribution in [1.82, 2.24) is 20.0 Å². The molecule has 2 amide bonds. The van der Waals surface area contributed by atoms with Gasteiger partial charge in [0.25, 0.3) is 0 Å². The number of aromatic nitrogens is 2. The van der Waals surface area contributed by atoms with Crippen LogP contribution in [0.25, 0.3) is 16.9 Å². The van der Waals surface area contributed by atoms with Gasteiger partial charge in [0.05, 0.1) is 24.0 Å². The third-order valence-electron chi connectivity index (χ3n) is 5.52. The number of nitrogens with zero attached hydrogens (tertiary/aromatic N) is 3. The molecule has 2 heterocycles. The number of hydrogen-bond acceptors (Lipinski definition) is 4. The predicted molar refractivity (Wildman–Crippen MR) is 121 cm³/mol. The lowest BCUT2D eigenvalue weighted by molar-refractivity contribution is -0.141. The number of para-hydroxylation sites is 1. The minimum Gasteiger partial charge on any atom is -0.346 e. The van der Waals surface area contributed by atoms with E-state index in [9.17, 15) is 22.8 Å². The molecule has 1 unspecified atom stereocenters. The van der Waals surface area contributed by atoms with E-state index in [-0.39, 0.29) is 12.5 Å². The topological polar surface area (TPSA) is 79.3 Å². The van der Waals surface area contributed by atoms with Gasteiger partial charge in [-0.2, -0.15) is 18.3 Å². The van der Waals surface area contributed by atoms with E-state index >= 15 is 0 Å². The summed E-state index contributed by atoms with van der Waals surface area (Å²) in [5, 5.41) is 9.41. The highest BCUT2D eigenvalue weighted by Gasteiger charge is 2.35. The first-order valence-electron chi connectivity index (χ1n) is 10.9. The van der Waals surface area contributed by atoms with E-state index in [0.29, 0.717) is 30.9 Å². The molecule has 1 saturated heterocycles. The average Bonchev–Trinajstić information content (AvgIpc) is 3.45. The number of amides is 2. The number of halogens is 3. The van der Waals surface area contributed by atoms with Crippen LogP contribution in [0.1, 0.15) is 12.8 Å². The Morgan fingerprint density at radius 3 is 2.38 bits per heavy atom. The second-order valence-corrected chi connectivity index (χ2v) is 8.04. The number of nitrogens with one attached hydrogen (secondary N) is 2. The number of benzene rings is 2. The molecule has 1 atom stereocenters. The fourth-order valence-corrected chi connectivity index (χ4v) is 3.97. The van der Waals surface area contributed by atoms with Crippen LogP contribution in [0.3, 0.4) is 0 Å². The van der Waals surface area contributed by atoms with Crippen molar-refractivity contribution in [2.45, 2.75) is 25.1 Å². The molecular weight excluding hydrogens is 447 g/mol. The number of carbonyl (C=O) groups excluding carboxylic acids is 2. The fourth-order valence-electron chi connectivity index (χ4n) is 3.97. The molecule has 1 aromatic heterocycles. The lowest BCUT2D eigenvalue weighted by Gasteiger charge is -2.23. The van der Waals surface area contributed by atoms with Gasteiger partial charge in [-0.25, -0.2) is 4.68 Å². The Kier molecular flexibility index (Phi) is 6.97. The van der Waals surface area contributed by atoms with Crippen molar-refractivity contribution >= 4 is 17.6 Å². The summed E-state index contributed by atoms with van der Waals surface area (Å²) in [6, 6.07) is 19.8. The van der Waals surface area contributed by atoms with Gasteiger partial charge in [0.1, 0.15) is 12.4 Å². The van der Waals surface area contributed by atoms with Crippen molar-refractivity contribution in [3.8, 4) is 16.9 Å². The average molecular weight is 471 g/mol. The maximum absolute atomic E-state index is 12.9. The molecule has 0 spiro atoms. The van der Waals surface area contributed by atoms with Gasteiger partial charge in [-0.3, -0.25) is 14.5 Å². The van der Waals surface area contributed by atoms with Crippen LogP contribution in [0.2, 0.25) is 0 Å². The number of rotatable bonds is 7. The van der Waals surface area contributed by atoms with E-state index in [1.807, 2.05) is 66.0 Å². The Labute approximate surface area is 194 Å². The van der Waals surface area contributed by atoms with Crippen molar-refractivity contribution in [3.63, 3.8) is 0 Å². The third-order valence-corrected chi connectivity index (χ3v) is 5.52. The smallest absolute Gasteiger partial charge is 0.346 e. The van der Waals surface area contributed by atoms with Crippen LogP contribution < -0.4 is 10.6 Å². The van der Waals surface area contributed by atoms with Crippen LogP contribution in [0, 0.1) is 0 Å². The summed E-state index contributed by atoms with van der Waals surface area (Å²) in [7, 11) is 0. The van der Waals surface area contributed by atoms with Gasteiger partial charge in [-0.1, -0.05) is 48.5 Å². The Hall–Kier alpha value is -3.66. The highest BCUT2D eigenvalue weighted by atomic mass is 19.4. The largest absolute Gasteiger partial charge is 0.405 e. The van der Waals surface area contributed by atoms with Crippen LogP contribution in [0.5, 0.6) is 0 Å². The number of anilines is 1. The molecule has 1 fully saturated rings. The monoisotopic (exact) mass is 471 g/mol. The number of carbonyl (C=O) groups is 2. The van der Waals surface area contributed by atoms with Gasteiger partial charge in [0, 0.05) is 11.6 Å². The maximum Gasteiger partial charge on any atom is 0.405 e. The quantitative estimate of drug-likeness (QED) is 0.552. The van der Waals surface area contributed by atoms with Crippen LogP contribution in [-0.4, -0.2) is 58.3 Å². The Morgan fingerprint density at radius 1 is 1.03 bits per heavy atom. The first-order valence-corrected chi connectivity index (χ1v) is 10.9. The normalized spacial score (nSPS) is 16.4. The molecule has 3 aromatic rings. The van der Waals surface area contributed by atoms with Gasteiger partial charge in [0.15, 0.2) is 0 Å². The lowest BCUT2D eigenvalue weighted by atomic mass is 10.1. The molecular formula is C24H24F3N5O2. The summed E-state index contributed by atoms with van der Waals surface area (Å²) < 4.78 is 39.0. The van der Waals surface area contributed by atoms with E-state index in [2.05, 4.69) is 10.4 Å². The molecule has 0 radical (unpaired) electrons. The molecule has 7 nitrogen and oxygen atoms in total. The maximum atomic E-state index is 12.9. The Bertz CT molecular complexity index is 1130. The molecule has 10 heteroatoms. The third kappa shape index (κ3) is 5.82. The van der Waals surface area contributed by atoms with E-state index in [1.165, 1.54) is 0 Å².